The van der Waals surface area contributed by atoms with Crippen LogP contribution in [0.3, 0.4) is 0 Å². The van der Waals surface area contributed by atoms with Gasteiger partial charge in [-0.25, -0.2) is 0 Å². The number of carbonyl (C=O) groups excluding carboxylic acids is 1. The highest BCUT2D eigenvalue weighted by Gasteiger charge is 2.39. The maximum absolute atomic E-state index is 11.0. The van der Waals surface area contributed by atoms with Gasteiger partial charge in [0.05, 0.1) is 0 Å². The minimum Gasteiger partial charge on any atom is -0.353 e. The van der Waals surface area contributed by atoms with Gasteiger partial charge in [0.15, 0.2) is 12.6 Å². The summed E-state index contributed by atoms with van der Waals surface area (Å²) >= 11 is 0. The third-order valence-electron chi connectivity index (χ3n) is 2.69. The summed E-state index contributed by atoms with van der Waals surface area (Å²) in [4.78, 5) is 11.0. The van der Waals surface area contributed by atoms with Crippen molar-refractivity contribution in [3.63, 3.8) is 0 Å². The second-order valence-electron chi connectivity index (χ2n) is 3.83. The summed E-state index contributed by atoms with van der Waals surface area (Å²) in [5.41, 5.74) is -0.546. The van der Waals surface area contributed by atoms with Gasteiger partial charge in [-0.2, -0.15) is 0 Å². The molecule has 2 atom stereocenters. The summed E-state index contributed by atoms with van der Waals surface area (Å²) in [5.74, 6) is 0. The van der Waals surface area contributed by atoms with E-state index < -0.39 is 5.60 Å². The minimum atomic E-state index is -0.546. The van der Waals surface area contributed by atoms with E-state index in [1.54, 1.807) is 0 Å². The first kappa shape index (κ1) is 11.7. The van der Waals surface area contributed by atoms with Gasteiger partial charge < -0.3 is 14.3 Å². The fourth-order valence-electron chi connectivity index (χ4n) is 1.85. The number of ether oxygens (including phenoxy) is 2. The fourth-order valence-corrected chi connectivity index (χ4v) is 1.85. The second kappa shape index (κ2) is 5.47. The predicted molar refractivity (Wildman–Crippen MR) is 54.1 cm³/mol. The van der Waals surface area contributed by atoms with E-state index >= 15 is 0 Å². The number of aldehydes is 1. The van der Waals surface area contributed by atoms with E-state index in [1.807, 2.05) is 6.92 Å². The molecule has 82 valence electrons. The van der Waals surface area contributed by atoms with Gasteiger partial charge in [0.25, 0.3) is 0 Å². The Balaban J connectivity index is 2.43. The first-order valence-corrected chi connectivity index (χ1v) is 5.52. The average molecular weight is 200 g/mol. The molecule has 1 aliphatic heterocycles. The van der Waals surface area contributed by atoms with E-state index in [9.17, 15) is 4.79 Å². The van der Waals surface area contributed by atoms with Crippen molar-refractivity contribution in [2.24, 2.45) is 0 Å². The van der Waals surface area contributed by atoms with Crippen LogP contribution in [-0.4, -0.2) is 24.8 Å². The number of hydrogen-bond donors (Lipinski definition) is 0. The Morgan fingerprint density at radius 1 is 1.57 bits per heavy atom. The lowest BCUT2D eigenvalue weighted by Crippen LogP contribution is -2.31. The van der Waals surface area contributed by atoms with E-state index in [4.69, 9.17) is 9.47 Å². The highest BCUT2D eigenvalue weighted by atomic mass is 16.7. The summed E-state index contributed by atoms with van der Waals surface area (Å²) < 4.78 is 11.0. The second-order valence-corrected chi connectivity index (χ2v) is 3.83. The normalized spacial score (nSPS) is 32.0. The molecular weight excluding hydrogens is 180 g/mol. The summed E-state index contributed by atoms with van der Waals surface area (Å²) in [6.45, 7) is 4.71. The van der Waals surface area contributed by atoms with Crippen LogP contribution in [0.1, 0.15) is 46.0 Å². The van der Waals surface area contributed by atoms with Gasteiger partial charge in [-0.3, -0.25) is 0 Å². The topological polar surface area (TPSA) is 35.5 Å². The summed E-state index contributed by atoms with van der Waals surface area (Å²) in [7, 11) is 0. The smallest absolute Gasteiger partial charge is 0.159 e. The monoisotopic (exact) mass is 200 g/mol. The minimum absolute atomic E-state index is 0.165. The van der Waals surface area contributed by atoms with E-state index in [1.165, 1.54) is 0 Å². The molecule has 0 aromatic carbocycles. The van der Waals surface area contributed by atoms with Crippen molar-refractivity contribution in [1.82, 2.24) is 0 Å². The molecule has 0 aromatic rings. The first-order chi connectivity index (χ1) is 6.76. The Morgan fingerprint density at radius 3 is 2.93 bits per heavy atom. The van der Waals surface area contributed by atoms with Crippen molar-refractivity contribution in [2.75, 3.05) is 6.61 Å². The fraction of sp³-hybridized carbons (Fsp3) is 0.909. The maximum Gasteiger partial charge on any atom is 0.159 e. The van der Waals surface area contributed by atoms with E-state index in [0.717, 1.165) is 38.4 Å². The Morgan fingerprint density at radius 2 is 2.36 bits per heavy atom. The molecule has 0 N–H and O–H groups in total. The molecule has 0 spiro atoms. The molecule has 3 heteroatoms. The molecular formula is C11H20O3. The molecule has 0 aromatic heterocycles. The highest BCUT2D eigenvalue weighted by molar-refractivity contribution is 5.62. The lowest BCUT2D eigenvalue weighted by atomic mass is 9.95. The molecule has 1 saturated heterocycles. The van der Waals surface area contributed by atoms with Crippen molar-refractivity contribution in [3.05, 3.63) is 0 Å². The van der Waals surface area contributed by atoms with Crippen LogP contribution in [0.2, 0.25) is 0 Å². The van der Waals surface area contributed by atoms with Crippen molar-refractivity contribution in [1.29, 1.82) is 0 Å². The number of carbonyl (C=O) groups is 1. The lowest BCUT2D eigenvalue weighted by molar-refractivity contribution is -0.171. The molecule has 1 aliphatic rings. The average Bonchev–Trinajstić information content (AvgIpc) is 2.60. The molecule has 0 amide bonds. The van der Waals surface area contributed by atoms with Crippen molar-refractivity contribution < 1.29 is 14.3 Å². The zero-order valence-corrected chi connectivity index (χ0v) is 9.12. The van der Waals surface area contributed by atoms with Gasteiger partial charge in [-0.15, -0.1) is 0 Å². The van der Waals surface area contributed by atoms with Crippen molar-refractivity contribution >= 4 is 6.29 Å². The van der Waals surface area contributed by atoms with Crippen molar-refractivity contribution in [3.8, 4) is 0 Å². The van der Waals surface area contributed by atoms with E-state index in [2.05, 4.69) is 6.92 Å². The molecule has 0 saturated carbocycles. The van der Waals surface area contributed by atoms with Crippen LogP contribution in [0.25, 0.3) is 0 Å². The Labute approximate surface area is 85.8 Å². The van der Waals surface area contributed by atoms with Gasteiger partial charge in [-0.05, 0) is 19.8 Å². The van der Waals surface area contributed by atoms with Gasteiger partial charge in [-0.1, -0.05) is 19.8 Å². The zero-order valence-electron chi connectivity index (χ0n) is 9.12. The Kier molecular flexibility index (Phi) is 4.55. The molecule has 14 heavy (non-hydrogen) atoms. The molecule has 0 unspecified atom stereocenters. The lowest BCUT2D eigenvalue weighted by Gasteiger charge is -2.22. The van der Waals surface area contributed by atoms with Gasteiger partial charge in [0.2, 0.25) is 0 Å². The van der Waals surface area contributed by atoms with Gasteiger partial charge >= 0.3 is 0 Å². The van der Waals surface area contributed by atoms with Crippen LogP contribution in [0, 0.1) is 0 Å². The standard InChI is InChI=1S/C11H20O3/c1-3-5-7-11(9-12)8-6-10(14-11)13-4-2/h9-10H,3-8H2,1-2H3/t10-,11-/m1/s1. The Bertz CT molecular complexity index is 181. The summed E-state index contributed by atoms with van der Waals surface area (Å²) in [6, 6.07) is 0. The van der Waals surface area contributed by atoms with Gasteiger partial charge in [0.1, 0.15) is 5.60 Å². The SMILES string of the molecule is CCCC[C@]1(C=O)CC[C@H](OCC)O1. The van der Waals surface area contributed by atoms with Crippen LogP contribution in [-0.2, 0) is 14.3 Å². The van der Waals surface area contributed by atoms with E-state index in [-0.39, 0.29) is 6.29 Å². The van der Waals surface area contributed by atoms with Gasteiger partial charge in [0, 0.05) is 13.0 Å². The molecule has 1 rings (SSSR count). The zero-order chi connectivity index (χ0) is 10.4. The molecule has 1 heterocycles. The van der Waals surface area contributed by atoms with E-state index in [0.29, 0.717) is 6.61 Å². The third-order valence-corrected chi connectivity index (χ3v) is 2.69. The number of rotatable bonds is 6. The van der Waals surface area contributed by atoms with Crippen LogP contribution >= 0.6 is 0 Å². The largest absolute Gasteiger partial charge is 0.353 e. The van der Waals surface area contributed by atoms with Crippen molar-refractivity contribution in [2.45, 2.75) is 57.8 Å². The van der Waals surface area contributed by atoms with Crippen LogP contribution < -0.4 is 0 Å². The molecule has 1 fully saturated rings. The third kappa shape index (κ3) is 2.79. The molecule has 0 aliphatic carbocycles. The molecule has 0 bridgehead atoms. The first-order valence-electron chi connectivity index (χ1n) is 5.52. The molecule has 0 radical (unpaired) electrons. The number of hydrogen-bond acceptors (Lipinski definition) is 3. The number of unbranched alkanes of at least 4 members (excludes halogenated alkanes) is 1. The van der Waals surface area contributed by atoms with Crippen LogP contribution in [0.5, 0.6) is 0 Å². The maximum atomic E-state index is 11.0. The quantitative estimate of drug-likeness (QED) is 0.617. The summed E-state index contributed by atoms with van der Waals surface area (Å²) in [6.07, 6.45) is 5.41. The predicted octanol–water partition coefficient (Wildman–Crippen LogP) is 2.29. The molecule has 3 nitrogen and oxygen atoms in total. The summed E-state index contributed by atoms with van der Waals surface area (Å²) in [5, 5.41) is 0. The Hall–Kier alpha value is -0.410. The highest BCUT2D eigenvalue weighted by Crippen LogP contribution is 2.33. The van der Waals surface area contributed by atoms with Crippen LogP contribution in [0.4, 0.5) is 0 Å². The van der Waals surface area contributed by atoms with Crippen LogP contribution in [0.15, 0.2) is 0 Å².